The molecule has 0 bridgehead atoms. The third-order valence-corrected chi connectivity index (χ3v) is 2.76. The monoisotopic (exact) mass is 262 g/mol. The lowest BCUT2D eigenvalue weighted by atomic mass is 10.1. The maximum atomic E-state index is 5.93. The molecule has 72 valence electrons. The Morgan fingerprint density at radius 2 is 2.23 bits per heavy atom. The Bertz CT molecular complexity index is 313. The molecule has 0 fully saturated rings. The molecule has 2 nitrogen and oxygen atoms in total. The van der Waals surface area contributed by atoms with E-state index >= 15 is 0 Å². The smallest absolute Gasteiger partial charge is 0.133 e. The molecule has 0 unspecified atom stereocenters. The van der Waals surface area contributed by atoms with E-state index < -0.39 is 0 Å². The summed E-state index contributed by atoms with van der Waals surface area (Å²) in [5, 5.41) is 0.509. The quantitative estimate of drug-likeness (QED) is 0.833. The molecular weight excluding hydrogens is 251 g/mol. The zero-order valence-electron chi connectivity index (χ0n) is 7.64. The molecule has 0 aromatic carbocycles. The van der Waals surface area contributed by atoms with Gasteiger partial charge in [0.15, 0.2) is 0 Å². The minimum Gasteiger partial charge on any atom is -0.326 e. The van der Waals surface area contributed by atoms with Gasteiger partial charge in [0.1, 0.15) is 5.15 Å². The SMILES string of the molecule is CC(C)c1nc(Cl)c(CN)cc1Br. The summed E-state index contributed by atoms with van der Waals surface area (Å²) in [5.41, 5.74) is 7.35. The Balaban J connectivity index is 3.20. The molecule has 0 aliphatic heterocycles. The molecule has 1 rings (SSSR count). The Hall–Kier alpha value is -0.120. The van der Waals surface area contributed by atoms with Gasteiger partial charge in [0.2, 0.25) is 0 Å². The number of halogens is 2. The Morgan fingerprint density at radius 3 is 2.69 bits per heavy atom. The second kappa shape index (κ2) is 4.40. The normalized spacial score (nSPS) is 10.9. The Morgan fingerprint density at radius 1 is 1.62 bits per heavy atom. The highest BCUT2D eigenvalue weighted by atomic mass is 79.9. The van der Waals surface area contributed by atoms with E-state index in [-0.39, 0.29) is 0 Å². The standard InChI is InChI=1S/C9H12BrClN2/c1-5(2)8-7(10)3-6(4-12)9(11)13-8/h3,5H,4,12H2,1-2H3. The fourth-order valence-corrected chi connectivity index (χ4v) is 2.11. The second-order valence-corrected chi connectivity index (χ2v) is 4.38. The number of aromatic nitrogens is 1. The number of pyridine rings is 1. The van der Waals surface area contributed by atoms with Crippen molar-refractivity contribution < 1.29 is 0 Å². The largest absolute Gasteiger partial charge is 0.326 e. The van der Waals surface area contributed by atoms with Crippen molar-refractivity contribution in [1.29, 1.82) is 0 Å². The van der Waals surface area contributed by atoms with Gasteiger partial charge in [-0.1, -0.05) is 25.4 Å². The van der Waals surface area contributed by atoms with E-state index in [4.69, 9.17) is 17.3 Å². The first kappa shape index (κ1) is 11.0. The van der Waals surface area contributed by atoms with E-state index in [1.807, 2.05) is 6.07 Å². The van der Waals surface area contributed by atoms with Gasteiger partial charge in [-0.25, -0.2) is 4.98 Å². The average Bonchev–Trinajstić information content (AvgIpc) is 2.07. The summed E-state index contributed by atoms with van der Waals surface area (Å²) in [7, 11) is 0. The molecule has 0 aliphatic carbocycles. The topological polar surface area (TPSA) is 38.9 Å². The highest BCUT2D eigenvalue weighted by Crippen LogP contribution is 2.26. The average molecular weight is 264 g/mol. The van der Waals surface area contributed by atoms with Crippen LogP contribution in [0.4, 0.5) is 0 Å². The van der Waals surface area contributed by atoms with Gasteiger partial charge in [0.05, 0.1) is 5.69 Å². The maximum Gasteiger partial charge on any atom is 0.133 e. The maximum absolute atomic E-state index is 5.93. The molecule has 0 saturated heterocycles. The number of hydrogen-bond donors (Lipinski definition) is 1. The summed E-state index contributed by atoms with van der Waals surface area (Å²) in [6.07, 6.45) is 0. The van der Waals surface area contributed by atoms with E-state index in [0.717, 1.165) is 15.7 Å². The number of hydrogen-bond acceptors (Lipinski definition) is 2. The molecule has 0 radical (unpaired) electrons. The molecule has 1 aromatic rings. The van der Waals surface area contributed by atoms with Crippen LogP contribution in [0.15, 0.2) is 10.5 Å². The lowest BCUT2D eigenvalue weighted by Gasteiger charge is -2.09. The summed E-state index contributed by atoms with van der Waals surface area (Å²) in [6, 6.07) is 1.94. The van der Waals surface area contributed by atoms with Gasteiger partial charge in [0, 0.05) is 16.6 Å². The predicted molar refractivity (Wildman–Crippen MR) is 58.9 cm³/mol. The highest BCUT2D eigenvalue weighted by Gasteiger charge is 2.10. The summed E-state index contributed by atoms with van der Waals surface area (Å²) in [6.45, 7) is 4.57. The molecule has 0 amide bonds. The van der Waals surface area contributed by atoms with Gasteiger partial charge in [-0.2, -0.15) is 0 Å². The van der Waals surface area contributed by atoms with E-state index in [2.05, 4.69) is 34.8 Å². The Kier molecular flexibility index (Phi) is 3.71. The second-order valence-electron chi connectivity index (χ2n) is 3.16. The number of rotatable bonds is 2. The van der Waals surface area contributed by atoms with Gasteiger partial charge >= 0.3 is 0 Å². The van der Waals surface area contributed by atoms with Crippen LogP contribution in [-0.2, 0) is 6.54 Å². The summed E-state index contributed by atoms with van der Waals surface area (Å²) in [4.78, 5) is 4.28. The van der Waals surface area contributed by atoms with Crippen LogP contribution in [0.3, 0.4) is 0 Å². The van der Waals surface area contributed by atoms with Crippen LogP contribution in [-0.4, -0.2) is 4.98 Å². The zero-order valence-corrected chi connectivity index (χ0v) is 9.98. The summed E-state index contributed by atoms with van der Waals surface area (Å²) >= 11 is 9.38. The molecule has 0 spiro atoms. The fraction of sp³-hybridized carbons (Fsp3) is 0.444. The molecular formula is C9H12BrClN2. The van der Waals surface area contributed by atoms with Gasteiger partial charge in [-0.3, -0.25) is 0 Å². The minimum absolute atomic E-state index is 0.360. The fourth-order valence-electron chi connectivity index (χ4n) is 1.07. The summed E-state index contributed by atoms with van der Waals surface area (Å²) < 4.78 is 0.979. The molecule has 0 saturated carbocycles. The predicted octanol–water partition coefficient (Wildman–Crippen LogP) is 3.08. The van der Waals surface area contributed by atoms with E-state index in [1.54, 1.807) is 0 Å². The van der Waals surface area contributed by atoms with Gasteiger partial charge in [-0.05, 0) is 27.9 Å². The van der Waals surface area contributed by atoms with Crippen molar-refractivity contribution in [2.24, 2.45) is 5.73 Å². The van der Waals surface area contributed by atoms with Crippen LogP contribution < -0.4 is 5.73 Å². The van der Waals surface area contributed by atoms with Crippen LogP contribution in [0.2, 0.25) is 5.15 Å². The number of nitrogens with zero attached hydrogens (tertiary/aromatic N) is 1. The van der Waals surface area contributed by atoms with E-state index in [1.165, 1.54) is 0 Å². The first-order chi connectivity index (χ1) is 6.06. The molecule has 1 aromatic heterocycles. The zero-order chi connectivity index (χ0) is 10.0. The van der Waals surface area contributed by atoms with Crippen LogP contribution >= 0.6 is 27.5 Å². The van der Waals surface area contributed by atoms with Crippen molar-refractivity contribution in [1.82, 2.24) is 4.98 Å². The molecule has 4 heteroatoms. The Labute approximate surface area is 91.6 Å². The third kappa shape index (κ3) is 2.42. The van der Waals surface area contributed by atoms with Gasteiger partial charge < -0.3 is 5.73 Å². The highest BCUT2D eigenvalue weighted by molar-refractivity contribution is 9.10. The van der Waals surface area contributed by atoms with Gasteiger partial charge in [0.25, 0.3) is 0 Å². The minimum atomic E-state index is 0.360. The van der Waals surface area contributed by atoms with Crippen molar-refractivity contribution in [2.75, 3.05) is 0 Å². The van der Waals surface area contributed by atoms with Crippen molar-refractivity contribution >= 4 is 27.5 Å². The van der Waals surface area contributed by atoms with Gasteiger partial charge in [-0.15, -0.1) is 0 Å². The summed E-state index contributed by atoms with van der Waals surface area (Å²) in [5.74, 6) is 0.360. The van der Waals surface area contributed by atoms with Crippen molar-refractivity contribution in [3.63, 3.8) is 0 Å². The van der Waals surface area contributed by atoms with Crippen LogP contribution in [0.5, 0.6) is 0 Å². The number of nitrogens with two attached hydrogens (primary N) is 1. The molecule has 1 heterocycles. The first-order valence-electron chi connectivity index (χ1n) is 4.11. The van der Waals surface area contributed by atoms with E-state index in [0.29, 0.717) is 17.6 Å². The van der Waals surface area contributed by atoms with Crippen molar-refractivity contribution in [3.05, 3.63) is 26.9 Å². The van der Waals surface area contributed by atoms with Crippen molar-refractivity contribution in [2.45, 2.75) is 26.3 Å². The van der Waals surface area contributed by atoms with Crippen LogP contribution in [0, 0.1) is 0 Å². The van der Waals surface area contributed by atoms with Crippen molar-refractivity contribution in [3.8, 4) is 0 Å². The molecule has 13 heavy (non-hydrogen) atoms. The lowest BCUT2D eigenvalue weighted by Crippen LogP contribution is -2.02. The van der Waals surface area contributed by atoms with E-state index in [9.17, 15) is 0 Å². The lowest BCUT2D eigenvalue weighted by molar-refractivity contribution is 0.811. The first-order valence-corrected chi connectivity index (χ1v) is 5.28. The molecule has 0 atom stereocenters. The van der Waals surface area contributed by atoms with Crippen LogP contribution in [0.25, 0.3) is 0 Å². The molecule has 2 N–H and O–H groups in total. The molecule has 0 aliphatic rings. The third-order valence-electron chi connectivity index (χ3n) is 1.80. The van der Waals surface area contributed by atoms with Crippen LogP contribution in [0.1, 0.15) is 31.0 Å².